The van der Waals surface area contributed by atoms with E-state index in [2.05, 4.69) is 35.7 Å². The lowest BCUT2D eigenvalue weighted by atomic mass is 9.99. The van der Waals surface area contributed by atoms with Gasteiger partial charge in [-0.15, -0.1) is 0 Å². The minimum atomic E-state index is -0.422. The highest BCUT2D eigenvalue weighted by Gasteiger charge is 2.21. The van der Waals surface area contributed by atoms with E-state index in [1.807, 2.05) is 12.1 Å². The number of piperidine rings is 1. The van der Waals surface area contributed by atoms with Gasteiger partial charge in [0, 0.05) is 48.1 Å². The van der Waals surface area contributed by atoms with Crippen LogP contribution >= 0.6 is 0 Å². The molecule has 222 valence electrons. The lowest BCUT2D eigenvalue weighted by Crippen LogP contribution is -2.40. The number of nitrogens with one attached hydrogen (secondary N) is 3. The zero-order chi connectivity index (χ0) is 29.3. The molecule has 0 saturated carbocycles. The number of fused-ring (bicyclic) bond motifs is 1. The fourth-order valence-electron chi connectivity index (χ4n) is 5.30. The highest BCUT2D eigenvalue weighted by Crippen LogP contribution is 2.35. The van der Waals surface area contributed by atoms with Crippen LogP contribution in [0.4, 0.5) is 21.7 Å². The van der Waals surface area contributed by atoms with E-state index in [0.29, 0.717) is 52.7 Å². The molecular formula is C30H36FN7O4. The zero-order valence-electron chi connectivity index (χ0n) is 23.6. The van der Waals surface area contributed by atoms with Crippen LogP contribution in [0.2, 0.25) is 0 Å². The van der Waals surface area contributed by atoms with Crippen LogP contribution in [0.5, 0.6) is 11.5 Å². The van der Waals surface area contributed by atoms with Crippen molar-refractivity contribution in [3.8, 4) is 11.5 Å². The van der Waals surface area contributed by atoms with Gasteiger partial charge in [-0.1, -0.05) is 12.5 Å². The highest BCUT2D eigenvalue weighted by atomic mass is 19.1. The zero-order valence-corrected chi connectivity index (χ0v) is 23.6. The molecule has 4 N–H and O–H groups in total. The van der Waals surface area contributed by atoms with Crippen molar-refractivity contribution in [1.82, 2.24) is 25.1 Å². The van der Waals surface area contributed by atoms with Crippen molar-refractivity contribution in [1.29, 1.82) is 0 Å². The Morgan fingerprint density at radius 3 is 2.93 bits per heavy atom. The first kappa shape index (κ1) is 29.2. The van der Waals surface area contributed by atoms with Crippen LogP contribution in [0.15, 0.2) is 48.8 Å². The molecule has 12 heteroatoms. The maximum Gasteiger partial charge on any atom is 0.230 e. The van der Waals surface area contributed by atoms with E-state index < -0.39 is 5.82 Å². The van der Waals surface area contributed by atoms with Crippen molar-refractivity contribution in [3.05, 3.63) is 60.3 Å². The molecule has 0 aliphatic carbocycles. The number of methoxy groups -OCH3 is 1. The summed E-state index contributed by atoms with van der Waals surface area (Å²) in [4.78, 5) is 23.7. The second kappa shape index (κ2) is 14.1. The van der Waals surface area contributed by atoms with Gasteiger partial charge in [0.2, 0.25) is 5.91 Å². The third kappa shape index (κ3) is 7.51. The fraction of sp³-hybridized carbons (Fsp3) is 0.400. The van der Waals surface area contributed by atoms with Gasteiger partial charge in [-0.05, 0) is 56.5 Å². The summed E-state index contributed by atoms with van der Waals surface area (Å²) in [5.41, 5.74) is 1.63. The highest BCUT2D eigenvalue weighted by molar-refractivity contribution is 5.93. The third-order valence-corrected chi connectivity index (χ3v) is 7.32. The first-order valence-electron chi connectivity index (χ1n) is 14.2. The number of carbonyl (C=O) groups is 1. The van der Waals surface area contributed by atoms with E-state index in [0.717, 1.165) is 37.7 Å². The maximum absolute atomic E-state index is 13.4. The lowest BCUT2D eigenvalue weighted by Gasteiger charge is -2.35. The standard InChI is InChI=1S/C30H36FN7O4/c1-41-26-17-24-25(18-27(26)42-13-5-11-38-10-3-2-8-23(38)9-12-39)32-19-33-30(24)35-28-15-22(36-37-28)16-29(40)34-21-7-4-6-20(31)14-21/h4,6-7,14-15,17-19,23,39H,2-3,5,8-13,16H2,1H3,(H,34,40)(H2,32,33,35,36,37). The Labute approximate surface area is 243 Å². The van der Waals surface area contributed by atoms with Gasteiger partial charge in [-0.25, -0.2) is 14.4 Å². The van der Waals surface area contributed by atoms with Gasteiger partial charge in [-0.3, -0.25) is 9.89 Å². The topological polar surface area (TPSA) is 138 Å². The van der Waals surface area contributed by atoms with Gasteiger partial charge in [0.05, 0.1) is 25.7 Å². The Morgan fingerprint density at radius 2 is 2.10 bits per heavy atom. The molecule has 2 aromatic carbocycles. The SMILES string of the molecule is COc1cc2c(Nc3cc(CC(=O)Nc4cccc(F)c4)[nH]n3)ncnc2cc1OCCCN1CCCCC1CCO. The average molecular weight is 578 g/mol. The molecule has 2 aromatic heterocycles. The summed E-state index contributed by atoms with van der Waals surface area (Å²) in [5.74, 6) is 1.43. The minimum absolute atomic E-state index is 0.0318. The molecule has 1 atom stereocenters. The van der Waals surface area contributed by atoms with Gasteiger partial charge in [-0.2, -0.15) is 5.10 Å². The number of anilines is 3. The molecule has 5 rings (SSSR count). The second-order valence-electron chi connectivity index (χ2n) is 10.3. The molecular weight excluding hydrogens is 541 g/mol. The Kier molecular flexibility index (Phi) is 9.78. The first-order chi connectivity index (χ1) is 20.5. The quantitative estimate of drug-likeness (QED) is 0.170. The lowest BCUT2D eigenvalue weighted by molar-refractivity contribution is -0.115. The van der Waals surface area contributed by atoms with Crippen molar-refractivity contribution in [3.63, 3.8) is 0 Å². The van der Waals surface area contributed by atoms with Gasteiger partial charge in [0.25, 0.3) is 0 Å². The second-order valence-corrected chi connectivity index (χ2v) is 10.3. The number of aliphatic hydroxyl groups is 1. The fourth-order valence-corrected chi connectivity index (χ4v) is 5.30. The summed E-state index contributed by atoms with van der Waals surface area (Å²) < 4.78 is 25.1. The Bertz CT molecular complexity index is 1500. The van der Waals surface area contributed by atoms with Gasteiger partial charge in [0.15, 0.2) is 17.3 Å². The Morgan fingerprint density at radius 1 is 1.19 bits per heavy atom. The molecule has 1 amide bonds. The predicted octanol–water partition coefficient (Wildman–Crippen LogP) is 4.43. The molecule has 42 heavy (non-hydrogen) atoms. The summed E-state index contributed by atoms with van der Waals surface area (Å²) >= 11 is 0. The summed E-state index contributed by atoms with van der Waals surface area (Å²) in [5, 5.41) is 23.0. The van der Waals surface area contributed by atoms with Crippen molar-refractivity contribution in [2.45, 2.75) is 44.6 Å². The first-order valence-corrected chi connectivity index (χ1v) is 14.2. The maximum atomic E-state index is 13.4. The molecule has 0 bridgehead atoms. The van der Waals surface area contributed by atoms with E-state index in [1.165, 1.54) is 37.4 Å². The smallest absolute Gasteiger partial charge is 0.230 e. The monoisotopic (exact) mass is 577 g/mol. The number of aliphatic hydroxyl groups excluding tert-OH is 1. The van der Waals surface area contributed by atoms with Crippen molar-refractivity contribution in [2.24, 2.45) is 0 Å². The van der Waals surface area contributed by atoms with Crippen LogP contribution in [0.25, 0.3) is 10.9 Å². The van der Waals surface area contributed by atoms with Gasteiger partial charge >= 0.3 is 0 Å². The number of aromatic amines is 1. The number of hydrogen-bond donors (Lipinski definition) is 4. The molecule has 1 aliphatic heterocycles. The molecule has 11 nitrogen and oxygen atoms in total. The van der Waals surface area contributed by atoms with E-state index in [-0.39, 0.29) is 18.9 Å². The summed E-state index contributed by atoms with van der Waals surface area (Å²) in [6.45, 7) is 2.75. The molecule has 1 fully saturated rings. The van der Waals surface area contributed by atoms with E-state index >= 15 is 0 Å². The summed E-state index contributed by atoms with van der Waals surface area (Å²) in [6, 6.07) is 11.6. The molecule has 3 heterocycles. The van der Waals surface area contributed by atoms with Crippen LogP contribution in [0.3, 0.4) is 0 Å². The number of likely N-dealkylation sites (tertiary alicyclic amines) is 1. The largest absolute Gasteiger partial charge is 0.493 e. The molecule has 1 saturated heterocycles. The number of nitrogens with zero attached hydrogens (tertiary/aromatic N) is 4. The minimum Gasteiger partial charge on any atom is -0.493 e. The van der Waals surface area contributed by atoms with Crippen LogP contribution in [0.1, 0.15) is 37.8 Å². The van der Waals surface area contributed by atoms with Crippen LogP contribution in [-0.4, -0.2) is 75.5 Å². The molecule has 0 radical (unpaired) electrons. The number of aromatic nitrogens is 4. The molecule has 0 spiro atoms. The number of halogens is 1. The third-order valence-electron chi connectivity index (χ3n) is 7.32. The Balaban J connectivity index is 1.20. The van der Waals surface area contributed by atoms with Gasteiger partial charge in [0.1, 0.15) is 18.0 Å². The average Bonchev–Trinajstić information content (AvgIpc) is 3.42. The number of hydrogen-bond acceptors (Lipinski definition) is 9. The van der Waals surface area contributed by atoms with Crippen LogP contribution in [0, 0.1) is 5.82 Å². The van der Waals surface area contributed by atoms with Crippen LogP contribution in [-0.2, 0) is 11.2 Å². The number of benzene rings is 2. The summed E-state index contributed by atoms with van der Waals surface area (Å²) in [6.07, 6.45) is 6.73. The molecule has 1 unspecified atom stereocenters. The van der Waals surface area contributed by atoms with Crippen molar-refractivity contribution >= 4 is 34.1 Å². The van der Waals surface area contributed by atoms with Gasteiger partial charge < -0.3 is 30.1 Å². The number of H-pyrrole nitrogens is 1. The molecule has 4 aromatic rings. The Hall–Kier alpha value is -4.29. The normalized spacial score (nSPS) is 15.5. The number of amides is 1. The number of ether oxygens (including phenoxy) is 2. The van der Waals surface area contributed by atoms with E-state index in [9.17, 15) is 14.3 Å². The number of rotatable bonds is 13. The molecule has 1 aliphatic rings. The van der Waals surface area contributed by atoms with Crippen molar-refractivity contribution < 1.29 is 23.8 Å². The number of carbonyl (C=O) groups excluding carboxylic acids is 1. The predicted molar refractivity (Wildman–Crippen MR) is 158 cm³/mol. The van der Waals surface area contributed by atoms with Crippen LogP contribution < -0.4 is 20.1 Å². The summed E-state index contributed by atoms with van der Waals surface area (Å²) in [7, 11) is 1.59. The van der Waals surface area contributed by atoms with E-state index in [4.69, 9.17) is 9.47 Å². The van der Waals surface area contributed by atoms with E-state index in [1.54, 1.807) is 19.2 Å². The van der Waals surface area contributed by atoms with Crippen molar-refractivity contribution in [2.75, 3.05) is 44.0 Å².